The van der Waals surface area contributed by atoms with Crippen LogP contribution in [-0.4, -0.2) is 63.3 Å². The van der Waals surface area contributed by atoms with E-state index in [0.29, 0.717) is 31.1 Å². The number of carbonyl (C=O) groups is 1. The van der Waals surface area contributed by atoms with E-state index in [-0.39, 0.29) is 6.10 Å². The molecule has 0 fully saturated rings. The molecule has 4 rings (SSSR count). The van der Waals surface area contributed by atoms with Crippen LogP contribution in [0, 0.1) is 13.8 Å². The average Bonchev–Trinajstić information content (AvgIpc) is 3.22. The zero-order valence-electron chi connectivity index (χ0n) is 21.3. The number of amides is 1. The number of anilines is 1. The summed E-state index contributed by atoms with van der Waals surface area (Å²) in [5.74, 6) is 1.40. The lowest BCUT2D eigenvalue weighted by Crippen LogP contribution is -2.31. The molecule has 4 aromatic rings. The first-order valence-electron chi connectivity index (χ1n) is 12.0. The standard InChI is InChI=1S/C27H32N6O3/c1-6-32(27(34)35)16-15-23(20-11-8-7-9-12-20)36-22-14-10-13-21(17-22)33-19(3)24-18(2)28-29-26(31(4)5)25(24)30-33/h7-14,17,23H,6,15-16H2,1-5H3,(H,34,35). The van der Waals surface area contributed by atoms with E-state index >= 15 is 0 Å². The smallest absolute Gasteiger partial charge is 0.407 e. The molecule has 0 radical (unpaired) electrons. The number of rotatable bonds is 9. The van der Waals surface area contributed by atoms with Crippen molar-refractivity contribution < 1.29 is 14.6 Å². The fourth-order valence-corrected chi connectivity index (χ4v) is 4.34. The van der Waals surface area contributed by atoms with Gasteiger partial charge < -0.3 is 19.6 Å². The predicted octanol–water partition coefficient (Wildman–Crippen LogP) is 5.01. The Morgan fingerprint density at radius 3 is 2.50 bits per heavy atom. The normalized spacial score (nSPS) is 11.9. The Morgan fingerprint density at radius 2 is 1.83 bits per heavy atom. The summed E-state index contributed by atoms with van der Waals surface area (Å²) in [6.07, 6.45) is -0.700. The first kappa shape index (κ1) is 25.0. The number of hydrogen-bond donors (Lipinski definition) is 1. The van der Waals surface area contributed by atoms with Gasteiger partial charge in [0, 0.05) is 39.7 Å². The van der Waals surface area contributed by atoms with Crippen LogP contribution in [-0.2, 0) is 0 Å². The number of benzene rings is 2. The molecule has 1 unspecified atom stereocenters. The predicted molar refractivity (Wildman–Crippen MR) is 140 cm³/mol. The van der Waals surface area contributed by atoms with E-state index in [2.05, 4.69) is 10.2 Å². The minimum absolute atomic E-state index is 0.302. The average molecular weight is 489 g/mol. The number of ether oxygens (including phenoxy) is 1. The minimum Gasteiger partial charge on any atom is -0.486 e. The maximum Gasteiger partial charge on any atom is 0.407 e. The van der Waals surface area contributed by atoms with E-state index in [1.54, 1.807) is 0 Å². The largest absolute Gasteiger partial charge is 0.486 e. The van der Waals surface area contributed by atoms with Gasteiger partial charge in [0.2, 0.25) is 0 Å². The van der Waals surface area contributed by atoms with E-state index in [1.807, 2.05) is 99.0 Å². The molecule has 0 saturated heterocycles. The Balaban J connectivity index is 1.67. The van der Waals surface area contributed by atoms with Crippen LogP contribution in [0.4, 0.5) is 10.6 Å². The van der Waals surface area contributed by atoms with Crippen molar-refractivity contribution in [3.8, 4) is 11.4 Å². The van der Waals surface area contributed by atoms with Gasteiger partial charge in [-0.15, -0.1) is 5.10 Å². The Morgan fingerprint density at radius 1 is 1.08 bits per heavy atom. The summed E-state index contributed by atoms with van der Waals surface area (Å²) in [5, 5.41) is 23.9. The fourth-order valence-electron chi connectivity index (χ4n) is 4.34. The van der Waals surface area contributed by atoms with Crippen molar-refractivity contribution in [3.63, 3.8) is 0 Å². The monoisotopic (exact) mass is 488 g/mol. The summed E-state index contributed by atoms with van der Waals surface area (Å²) in [7, 11) is 3.85. The molecule has 36 heavy (non-hydrogen) atoms. The molecule has 2 aromatic carbocycles. The van der Waals surface area contributed by atoms with Crippen molar-refractivity contribution in [2.24, 2.45) is 0 Å². The number of fused-ring (bicyclic) bond motifs is 1. The Hall–Kier alpha value is -4.14. The molecule has 0 bridgehead atoms. The lowest BCUT2D eigenvalue weighted by Gasteiger charge is -2.23. The quantitative estimate of drug-likeness (QED) is 0.354. The highest BCUT2D eigenvalue weighted by Crippen LogP contribution is 2.31. The van der Waals surface area contributed by atoms with Crippen LogP contribution in [0.3, 0.4) is 0 Å². The van der Waals surface area contributed by atoms with E-state index in [1.165, 1.54) is 4.90 Å². The highest BCUT2D eigenvalue weighted by atomic mass is 16.5. The van der Waals surface area contributed by atoms with Gasteiger partial charge >= 0.3 is 6.09 Å². The van der Waals surface area contributed by atoms with Crippen molar-refractivity contribution in [3.05, 3.63) is 71.5 Å². The molecule has 9 nitrogen and oxygen atoms in total. The molecule has 188 valence electrons. The third kappa shape index (κ3) is 5.10. The van der Waals surface area contributed by atoms with Crippen molar-refractivity contribution >= 4 is 22.8 Å². The topological polar surface area (TPSA) is 96.6 Å². The fraction of sp³-hybridized carbons (Fsp3) is 0.333. The molecule has 0 aliphatic heterocycles. The number of carboxylic acid groups (broad SMARTS) is 1. The summed E-state index contributed by atoms with van der Waals surface area (Å²) in [6, 6.07) is 17.7. The second-order valence-corrected chi connectivity index (χ2v) is 8.89. The summed E-state index contributed by atoms with van der Waals surface area (Å²) in [4.78, 5) is 14.8. The zero-order chi connectivity index (χ0) is 25.8. The van der Waals surface area contributed by atoms with Gasteiger partial charge in [0.05, 0.1) is 22.5 Å². The van der Waals surface area contributed by atoms with Crippen molar-refractivity contribution in [1.29, 1.82) is 0 Å². The van der Waals surface area contributed by atoms with E-state index in [9.17, 15) is 9.90 Å². The van der Waals surface area contributed by atoms with Crippen LogP contribution in [0.1, 0.15) is 36.4 Å². The van der Waals surface area contributed by atoms with Gasteiger partial charge in [-0.05, 0) is 38.5 Å². The van der Waals surface area contributed by atoms with E-state index < -0.39 is 6.09 Å². The van der Waals surface area contributed by atoms with Gasteiger partial charge in [-0.3, -0.25) is 0 Å². The Bertz CT molecular complexity index is 1350. The molecule has 9 heteroatoms. The molecular formula is C27H32N6O3. The molecule has 1 atom stereocenters. The van der Waals surface area contributed by atoms with Crippen LogP contribution in [0.25, 0.3) is 16.6 Å². The number of nitrogens with zero attached hydrogens (tertiary/aromatic N) is 6. The lowest BCUT2D eigenvalue weighted by atomic mass is 10.1. The maximum absolute atomic E-state index is 11.5. The van der Waals surface area contributed by atoms with Gasteiger partial charge in [0.25, 0.3) is 0 Å². The van der Waals surface area contributed by atoms with Crippen molar-refractivity contribution in [2.45, 2.75) is 33.3 Å². The maximum atomic E-state index is 11.5. The minimum atomic E-state index is -0.927. The molecule has 2 heterocycles. The highest BCUT2D eigenvalue weighted by Gasteiger charge is 2.20. The summed E-state index contributed by atoms with van der Waals surface area (Å²) < 4.78 is 8.33. The Labute approximate surface area is 210 Å². The van der Waals surface area contributed by atoms with Gasteiger partial charge in [-0.1, -0.05) is 36.4 Å². The first-order chi connectivity index (χ1) is 17.3. The summed E-state index contributed by atoms with van der Waals surface area (Å²) in [5.41, 5.74) is 4.45. The van der Waals surface area contributed by atoms with Gasteiger partial charge in [0.15, 0.2) is 5.82 Å². The molecule has 1 N–H and O–H groups in total. The number of hydrogen-bond acceptors (Lipinski definition) is 6. The second-order valence-electron chi connectivity index (χ2n) is 8.89. The summed E-state index contributed by atoms with van der Waals surface area (Å²) >= 11 is 0. The highest BCUT2D eigenvalue weighted by molar-refractivity contribution is 5.92. The van der Waals surface area contributed by atoms with Crippen LogP contribution in [0.2, 0.25) is 0 Å². The van der Waals surface area contributed by atoms with E-state index in [0.717, 1.165) is 33.5 Å². The van der Waals surface area contributed by atoms with Crippen LogP contribution in [0.15, 0.2) is 54.6 Å². The number of aromatic nitrogens is 4. The molecular weight excluding hydrogens is 456 g/mol. The Kier molecular flexibility index (Phi) is 7.38. The van der Waals surface area contributed by atoms with Gasteiger partial charge in [-0.25, -0.2) is 9.48 Å². The van der Waals surface area contributed by atoms with Crippen LogP contribution >= 0.6 is 0 Å². The second kappa shape index (κ2) is 10.6. The third-order valence-corrected chi connectivity index (χ3v) is 6.23. The van der Waals surface area contributed by atoms with Gasteiger partial charge in [0.1, 0.15) is 17.4 Å². The lowest BCUT2D eigenvalue weighted by molar-refractivity contribution is 0.132. The van der Waals surface area contributed by atoms with Gasteiger partial charge in [-0.2, -0.15) is 10.2 Å². The molecule has 0 saturated carbocycles. The summed E-state index contributed by atoms with van der Waals surface area (Å²) in [6.45, 7) is 6.60. The zero-order valence-corrected chi connectivity index (χ0v) is 21.3. The SMILES string of the molecule is CCN(CCC(Oc1cccc(-n2nc3c(N(C)C)nnc(C)c3c2C)c1)c1ccccc1)C(=O)O. The molecule has 0 spiro atoms. The van der Waals surface area contributed by atoms with Crippen molar-refractivity contribution in [2.75, 3.05) is 32.1 Å². The van der Waals surface area contributed by atoms with Crippen LogP contribution in [0.5, 0.6) is 5.75 Å². The molecule has 0 aliphatic carbocycles. The van der Waals surface area contributed by atoms with E-state index in [4.69, 9.17) is 9.84 Å². The third-order valence-electron chi connectivity index (χ3n) is 6.23. The number of aryl methyl sites for hydroxylation is 2. The van der Waals surface area contributed by atoms with Crippen molar-refractivity contribution in [1.82, 2.24) is 24.9 Å². The molecule has 1 amide bonds. The first-order valence-corrected chi connectivity index (χ1v) is 12.0. The molecule has 0 aliphatic rings. The van der Waals surface area contributed by atoms with Crippen LogP contribution < -0.4 is 9.64 Å². The molecule has 2 aromatic heterocycles.